The molecule has 4 aromatic rings. The summed E-state index contributed by atoms with van der Waals surface area (Å²) in [7, 11) is -1.68. The SMILES string of the molecule is CC[n+]1ccccc1C=CC=Cc1ccc(N(C)C)cc1.CC[n+]1ccccc1C=CC=Cc1ccc(N(C)C)cc1.[O-][Cl+3]([O-])([O-])[O-].[O-][Cl+3]([O-])([O-])[O-]. The molecule has 4 rings (SSSR count). The van der Waals surface area contributed by atoms with Crippen LogP contribution in [0.25, 0.3) is 24.3 Å². The third kappa shape index (κ3) is 22.4. The lowest BCUT2D eigenvalue weighted by molar-refractivity contribution is -2.00. The molecule has 2 aromatic heterocycles. The fraction of sp³-hybridized carbons (Fsp3) is 0.211. The fourth-order valence-electron chi connectivity index (χ4n) is 4.27. The monoisotopic (exact) mass is 756 g/mol. The Kier molecular flexibility index (Phi) is 21.0. The first-order chi connectivity index (χ1) is 24.4. The summed E-state index contributed by atoms with van der Waals surface area (Å²) in [5.41, 5.74) is 7.29. The number of pyridine rings is 2. The first-order valence-electron chi connectivity index (χ1n) is 15.9. The number of benzene rings is 2. The molecule has 0 fully saturated rings. The van der Waals surface area contributed by atoms with E-state index in [1.165, 1.54) is 33.9 Å². The second-order valence-electron chi connectivity index (χ2n) is 11.0. The highest BCUT2D eigenvalue weighted by atomic mass is 35.7. The van der Waals surface area contributed by atoms with E-state index >= 15 is 0 Å². The van der Waals surface area contributed by atoms with Crippen molar-refractivity contribution in [3.05, 3.63) is 144 Å². The Labute approximate surface area is 310 Å². The number of allylic oxidation sites excluding steroid dienone is 4. The smallest absolute Gasteiger partial charge is 0.205 e. The molecule has 0 bridgehead atoms. The number of anilines is 2. The minimum atomic E-state index is -4.94. The molecule has 280 valence electrons. The normalized spacial score (nSPS) is 11.5. The zero-order valence-corrected chi connectivity index (χ0v) is 31.6. The van der Waals surface area contributed by atoms with E-state index in [9.17, 15) is 0 Å². The summed E-state index contributed by atoms with van der Waals surface area (Å²) in [6.45, 7) is 6.27. The Morgan fingerprint density at radius 2 is 0.750 bits per heavy atom. The molecule has 0 aliphatic heterocycles. The molecule has 0 atom stereocenters. The van der Waals surface area contributed by atoms with Gasteiger partial charge in [0.15, 0.2) is 12.4 Å². The van der Waals surface area contributed by atoms with Crippen molar-refractivity contribution in [2.45, 2.75) is 26.9 Å². The minimum absolute atomic E-state index is 0.982. The summed E-state index contributed by atoms with van der Waals surface area (Å²) < 4.78 is 72.4. The molecule has 0 spiro atoms. The number of halogens is 2. The van der Waals surface area contributed by atoms with E-state index in [0.29, 0.717) is 0 Å². The Morgan fingerprint density at radius 1 is 0.462 bits per heavy atom. The first-order valence-corrected chi connectivity index (χ1v) is 18.3. The Morgan fingerprint density at radius 3 is 1.02 bits per heavy atom. The van der Waals surface area contributed by atoms with E-state index < -0.39 is 20.5 Å². The van der Waals surface area contributed by atoms with Crippen molar-refractivity contribution in [2.24, 2.45) is 0 Å². The van der Waals surface area contributed by atoms with Crippen LogP contribution < -0.4 is 56.2 Å². The molecule has 0 aliphatic carbocycles. The number of hydrogen-bond acceptors (Lipinski definition) is 10. The summed E-state index contributed by atoms with van der Waals surface area (Å²) in [6.07, 6.45) is 21.0. The summed E-state index contributed by atoms with van der Waals surface area (Å²) in [5.74, 6) is 0. The lowest BCUT2D eigenvalue weighted by atomic mass is 10.2. The van der Waals surface area contributed by atoms with Crippen LogP contribution in [0.2, 0.25) is 0 Å². The number of rotatable bonds is 10. The lowest BCUT2D eigenvalue weighted by Gasteiger charge is -2.17. The van der Waals surface area contributed by atoms with Crippen molar-refractivity contribution in [2.75, 3.05) is 38.0 Å². The quantitative estimate of drug-likeness (QED) is 0.130. The van der Waals surface area contributed by atoms with Gasteiger partial charge in [0, 0.05) is 76.0 Å². The van der Waals surface area contributed by atoms with E-state index in [1.54, 1.807) is 0 Å². The van der Waals surface area contributed by atoms with Gasteiger partial charge in [-0.3, -0.25) is 0 Å². The molecule has 12 nitrogen and oxygen atoms in total. The van der Waals surface area contributed by atoms with E-state index in [0.717, 1.165) is 13.1 Å². The van der Waals surface area contributed by atoms with Crippen LogP contribution in [0.15, 0.2) is 122 Å². The number of aryl methyl sites for hydroxylation is 2. The van der Waals surface area contributed by atoms with Gasteiger partial charge in [-0.05, 0) is 61.4 Å². The summed E-state index contributed by atoms with van der Waals surface area (Å²) in [5, 5.41) is 0. The molecule has 0 aliphatic rings. The number of aromatic nitrogens is 2. The third-order valence-corrected chi connectivity index (χ3v) is 6.79. The second kappa shape index (κ2) is 23.9. The van der Waals surface area contributed by atoms with Gasteiger partial charge in [-0.15, -0.1) is 20.5 Å². The van der Waals surface area contributed by atoms with Crippen molar-refractivity contribution in [3.63, 3.8) is 0 Å². The van der Waals surface area contributed by atoms with Crippen LogP contribution >= 0.6 is 0 Å². The van der Waals surface area contributed by atoms with Gasteiger partial charge in [0.2, 0.25) is 11.4 Å². The van der Waals surface area contributed by atoms with E-state index in [-0.39, 0.29) is 0 Å². The molecule has 0 saturated carbocycles. The average molecular weight is 758 g/mol. The van der Waals surface area contributed by atoms with Gasteiger partial charge in [-0.25, -0.2) is 37.3 Å². The predicted octanol–water partition coefficient (Wildman–Crippen LogP) is -1.94. The molecular weight excluding hydrogens is 711 g/mol. The van der Waals surface area contributed by atoms with Crippen LogP contribution in [0.4, 0.5) is 11.4 Å². The van der Waals surface area contributed by atoms with Crippen LogP contribution in [0, 0.1) is 20.5 Å². The molecule has 0 unspecified atom stereocenters. The standard InChI is InChI=1S/2C19H23N2.2ClHO4/c2*1-4-21-16-8-7-11-19(21)10-6-5-9-17-12-14-18(15-13-17)20(2)3;2*2-1(3,4)5/h2*5-16H,4H2,1-3H3;2*(H,2,3,4,5)/q2*+1;;/p-2. The third-order valence-electron chi connectivity index (χ3n) is 6.79. The van der Waals surface area contributed by atoms with Gasteiger partial charge in [0.1, 0.15) is 13.1 Å². The van der Waals surface area contributed by atoms with Gasteiger partial charge in [-0.2, -0.15) is 9.13 Å². The van der Waals surface area contributed by atoms with E-state index in [2.05, 4.69) is 207 Å². The molecule has 2 aromatic carbocycles. The van der Waals surface area contributed by atoms with Gasteiger partial charge in [0.05, 0.1) is 0 Å². The summed E-state index contributed by atoms with van der Waals surface area (Å²) >= 11 is 0. The number of hydrogen-bond donors (Lipinski definition) is 0. The van der Waals surface area contributed by atoms with Crippen LogP contribution in [-0.4, -0.2) is 28.2 Å². The lowest BCUT2D eigenvalue weighted by Crippen LogP contribution is -2.68. The zero-order valence-electron chi connectivity index (χ0n) is 30.1. The first kappa shape index (κ1) is 45.6. The topological polar surface area (TPSA) is 199 Å². The zero-order chi connectivity index (χ0) is 39.2. The summed E-state index contributed by atoms with van der Waals surface area (Å²) in [6, 6.07) is 29.6. The molecule has 0 radical (unpaired) electrons. The molecule has 14 heteroatoms. The Balaban J connectivity index is 0.000000413. The van der Waals surface area contributed by atoms with E-state index in [4.69, 9.17) is 37.3 Å². The fourth-order valence-corrected chi connectivity index (χ4v) is 4.27. The largest absolute Gasteiger partial charge is 0.378 e. The predicted molar refractivity (Wildman–Crippen MR) is 182 cm³/mol. The van der Waals surface area contributed by atoms with Crippen LogP contribution in [0.3, 0.4) is 0 Å². The van der Waals surface area contributed by atoms with Gasteiger partial charge < -0.3 is 9.80 Å². The second-order valence-corrected chi connectivity index (χ2v) is 12.5. The van der Waals surface area contributed by atoms with Gasteiger partial charge in [-0.1, -0.05) is 60.7 Å². The average Bonchev–Trinajstić information content (AvgIpc) is 3.08. The van der Waals surface area contributed by atoms with Crippen molar-refractivity contribution in [3.8, 4) is 0 Å². The maximum atomic E-state index is 8.49. The molecule has 2 heterocycles. The molecule has 0 saturated heterocycles. The molecular formula is C38H46Cl2N4O8. The molecule has 0 N–H and O–H groups in total. The number of nitrogens with zero attached hydrogens (tertiary/aromatic N) is 4. The van der Waals surface area contributed by atoms with Crippen LogP contribution in [-0.2, 0) is 13.1 Å². The van der Waals surface area contributed by atoms with E-state index in [1.807, 2.05) is 0 Å². The van der Waals surface area contributed by atoms with Crippen molar-refractivity contribution in [1.82, 2.24) is 0 Å². The van der Waals surface area contributed by atoms with Gasteiger partial charge in [0.25, 0.3) is 0 Å². The Bertz CT molecular complexity index is 1560. The molecule has 52 heavy (non-hydrogen) atoms. The maximum absolute atomic E-state index is 8.49. The van der Waals surface area contributed by atoms with Crippen LogP contribution in [0.5, 0.6) is 0 Å². The Hall–Kier alpha value is -4.44. The highest BCUT2D eigenvalue weighted by molar-refractivity contribution is 5.59. The minimum Gasteiger partial charge on any atom is -0.378 e. The van der Waals surface area contributed by atoms with Crippen molar-refractivity contribution < 1.29 is 66.9 Å². The molecule has 0 amide bonds. The van der Waals surface area contributed by atoms with Crippen molar-refractivity contribution in [1.29, 1.82) is 0 Å². The highest BCUT2D eigenvalue weighted by Gasteiger charge is 2.02. The van der Waals surface area contributed by atoms with Crippen LogP contribution in [0.1, 0.15) is 36.4 Å². The maximum Gasteiger partial charge on any atom is 0.205 e. The summed E-state index contributed by atoms with van der Waals surface area (Å²) in [4.78, 5) is 4.21. The highest BCUT2D eigenvalue weighted by Crippen LogP contribution is 2.14. The van der Waals surface area contributed by atoms with Crippen molar-refractivity contribution >= 4 is 35.7 Å². The van der Waals surface area contributed by atoms with Gasteiger partial charge >= 0.3 is 0 Å².